The molecule has 0 amide bonds. The second-order valence-electron chi connectivity index (χ2n) is 3.81. The van der Waals surface area contributed by atoms with Gasteiger partial charge < -0.3 is 10.5 Å². The average Bonchev–Trinajstić information content (AvgIpc) is 2.47. The fourth-order valence-corrected chi connectivity index (χ4v) is 1.48. The molecule has 2 rings (SSSR count). The van der Waals surface area contributed by atoms with Crippen LogP contribution in [0, 0.1) is 0 Å². The third-order valence-electron chi connectivity index (χ3n) is 2.43. The number of nitrogens with zero attached hydrogens (tertiary/aromatic N) is 1. The van der Waals surface area contributed by atoms with Crippen LogP contribution in [0.15, 0.2) is 59.6 Å². The molecule has 0 aromatic heterocycles. The molecule has 0 unspecified atom stereocenters. The summed E-state index contributed by atoms with van der Waals surface area (Å²) in [5, 5.41) is 0. The van der Waals surface area contributed by atoms with E-state index in [0.29, 0.717) is 5.96 Å². The van der Waals surface area contributed by atoms with Crippen LogP contribution in [-0.2, 0) is 0 Å². The van der Waals surface area contributed by atoms with E-state index in [1.807, 2.05) is 54.6 Å². The number of nitrogens with two attached hydrogens (primary N) is 1. The first-order valence-corrected chi connectivity index (χ1v) is 5.83. The number of hydrazine groups is 1. The third kappa shape index (κ3) is 3.92. The molecule has 0 heterocycles. The summed E-state index contributed by atoms with van der Waals surface area (Å²) in [6.07, 6.45) is 0. The van der Waals surface area contributed by atoms with Crippen LogP contribution < -0.4 is 21.3 Å². The molecule has 0 saturated heterocycles. The van der Waals surface area contributed by atoms with Gasteiger partial charge in [-0.1, -0.05) is 18.2 Å². The molecule has 0 fully saturated rings. The van der Waals surface area contributed by atoms with E-state index in [4.69, 9.17) is 10.5 Å². The van der Waals surface area contributed by atoms with Crippen LogP contribution in [0.1, 0.15) is 0 Å². The van der Waals surface area contributed by atoms with Crippen LogP contribution in [0.4, 0.5) is 11.4 Å². The largest absolute Gasteiger partial charge is 0.497 e. The van der Waals surface area contributed by atoms with E-state index >= 15 is 0 Å². The number of guanidine groups is 1. The zero-order valence-electron chi connectivity index (χ0n) is 10.6. The number of hydrogen-bond acceptors (Lipinski definition) is 3. The lowest BCUT2D eigenvalue weighted by Gasteiger charge is -2.09. The Morgan fingerprint density at radius 2 is 1.74 bits per heavy atom. The van der Waals surface area contributed by atoms with E-state index in [1.165, 1.54) is 0 Å². The zero-order valence-corrected chi connectivity index (χ0v) is 10.6. The Hall–Kier alpha value is -2.69. The van der Waals surface area contributed by atoms with Gasteiger partial charge in [0.1, 0.15) is 5.75 Å². The lowest BCUT2D eigenvalue weighted by molar-refractivity contribution is 0.415. The number of anilines is 1. The molecule has 0 aliphatic heterocycles. The van der Waals surface area contributed by atoms with Gasteiger partial charge >= 0.3 is 0 Å². The molecule has 0 saturated carbocycles. The molecular formula is C14H16N4O. The van der Waals surface area contributed by atoms with Crippen molar-refractivity contribution in [3.8, 4) is 5.75 Å². The summed E-state index contributed by atoms with van der Waals surface area (Å²) in [5.74, 6) is 1.10. The first-order chi connectivity index (χ1) is 9.28. The summed E-state index contributed by atoms with van der Waals surface area (Å²) in [5.41, 5.74) is 13.2. The molecule has 0 aliphatic rings. The number of benzene rings is 2. The van der Waals surface area contributed by atoms with Gasteiger partial charge in [-0.2, -0.15) is 0 Å². The number of para-hydroxylation sites is 1. The Bertz CT molecular complexity index is 537. The summed E-state index contributed by atoms with van der Waals surface area (Å²) < 4.78 is 5.08. The van der Waals surface area contributed by atoms with E-state index in [2.05, 4.69) is 15.8 Å². The SMILES string of the molecule is COc1ccc(NNC(N)=Nc2ccccc2)cc1. The van der Waals surface area contributed by atoms with Crippen molar-refractivity contribution in [1.82, 2.24) is 5.43 Å². The van der Waals surface area contributed by atoms with E-state index < -0.39 is 0 Å². The van der Waals surface area contributed by atoms with Gasteiger partial charge in [-0.05, 0) is 36.4 Å². The second kappa shape index (κ2) is 6.30. The van der Waals surface area contributed by atoms with Gasteiger partial charge in [0, 0.05) is 0 Å². The van der Waals surface area contributed by atoms with Gasteiger partial charge in [0.05, 0.1) is 18.5 Å². The van der Waals surface area contributed by atoms with Crippen LogP contribution in [0.2, 0.25) is 0 Å². The van der Waals surface area contributed by atoms with Gasteiger partial charge in [-0.15, -0.1) is 0 Å². The quantitative estimate of drug-likeness (QED) is 0.446. The summed E-state index contributed by atoms with van der Waals surface area (Å²) in [6.45, 7) is 0. The third-order valence-corrected chi connectivity index (χ3v) is 2.43. The monoisotopic (exact) mass is 256 g/mol. The molecule has 2 aromatic rings. The Balaban J connectivity index is 1.92. The molecule has 5 nitrogen and oxygen atoms in total. The first kappa shape index (κ1) is 12.8. The summed E-state index contributed by atoms with van der Waals surface area (Å²) in [6, 6.07) is 17.0. The standard InChI is InChI=1S/C14H16N4O/c1-19-13-9-7-12(8-10-13)17-18-14(15)16-11-5-3-2-4-6-11/h2-10,17H,1H3,(H3,15,16,18). The van der Waals surface area contributed by atoms with E-state index in [0.717, 1.165) is 17.1 Å². The topological polar surface area (TPSA) is 71.7 Å². The van der Waals surface area contributed by atoms with E-state index in [9.17, 15) is 0 Å². The van der Waals surface area contributed by atoms with Crippen LogP contribution in [0.3, 0.4) is 0 Å². The zero-order chi connectivity index (χ0) is 13.5. The highest BCUT2D eigenvalue weighted by atomic mass is 16.5. The van der Waals surface area contributed by atoms with Crippen molar-refractivity contribution < 1.29 is 4.74 Å². The molecular weight excluding hydrogens is 240 g/mol. The van der Waals surface area contributed by atoms with Crippen molar-refractivity contribution >= 4 is 17.3 Å². The van der Waals surface area contributed by atoms with E-state index in [1.54, 1.807) is 7.11 Å². The molecule has 0 atom stereocenters. The molecule has 0 spiro atoms. The predicted octanol–water partition coefficient (Wildman–Crippen LogP) is 2.26. The summed E-state index contributed by atoms with van der Waals surface area (Å²) >= 11 is 0. The smallest absolute Gasteiger partial charge is 0.212 e. The van der Waals surface area contributed by atoms with Crippen molar-refractivity contribution in [2.24, 2.45) is 10.7 Å². The van der Waals surface area contributed by atoms with Crippen molar-refractivity contribution in [2.45, 2.75) is 0 Å². The Morgan fingerprint density at radius 1 is 1.05 bits per heavy atom. The van der Waals surface area contributed by atoms with E-state index in [-0.39, 0.29) is 0 Å². The molecule has 0 bridgehead atoms. The Kier molecular flexibility index (Phi) is 4.23. The molecule has 2 aromatic carbocycles. The number of ether oxygens (including phenoxy) is 1. The number of rotatable bonds is 4. The van der Waals surface area contributed by atoms with Gasteiger partial charge in [0.2, 0.25) is 5.96 Å². The van der Waals surface area contributed by atoms with Crippen LogP contribution in [0.5, 0.6) is 5.75 Å². The maximum atomic E-state index is 5.76. The number of hydrogen-bond donors (Lipinski definition) is 3. The van der Waals surface area contributed by atoms with Crippen molar-refractivity contribution in [3.63, 3.8) is 0 Å². The summed E-state index contributed by atoms with van der Waals surface area (Å²) in [7, 11) is 1.63. The maximum absolute atomic E-state index is 5.76. The number of methoxy groups -OCH3 is 1. The predicted molar refractivity (Wildman–Crippen MR) is 77.5 cm³/mol. The molecule has 0 radical (unpaired) electrons. The van der Waals surface area contributed by atoms with Gasteiger partial charge in [0.25, 0.3) is 0 Å². The van der Waals surface area contributed by atoms with Crippen molar-refractivity contribution in [3.05, 3.63) is 54.6 Å². The van der Waals surface area contributed by atoms with Crippen LogP contribution in [0.25, 0.3) is 0 Å². The Morgan fingerprint density at radius 3 is 2.37 bits per heavy atom. The van der Waals surface area contributed by atoms with Gasteiger partial charge in [-0.25, -0.2) is 4.99 Å². The minimum absolute atomic E-state index is 0.294. The average molecular weight is 256 g/mol. The van der Waals surface area contributed by atoms with Crippen LogP contribution in [-0.4, -0.2) is 13.1 Å². The number of aliphatic imine (C=N–C) groups is 1. The number of nitrogens with one attached hydrogen (secondary N) is 2. The normalized spacial score (nSPS) is 10.9. The summed E-state index contributed by atoms with van der Waals surface area (Å²) in [4.78, 5) is 4.20. The fraction of sp³-hybridized carbons (Fsp3) is 0.0714. The molecule has 98 valence electrons. The van der Waals surface area contributed by atoms with Gasteiger partial charge in [0.15, 0.2) is 0 Å². The first-order valence-electron chi connectivity index (χ1n) is 5.83. The minimum Gasteiger partial charge on any atom is -0.497 e. The molecule has 5 heteroatoms. The minimum atomic E-state index is 0.294. The maximum Gasteiger partial charge on any atom is 0.212 e. The Labute approximate surface area is 112 Å². The lowest BCUT2D eigenvalue weighted by atomic mass is 10.3. The second-order valence-corrected chi connectivity index (χ2v) is 3.81. The van der Waals surface area contributed by atoms with Crippen LogP contribution >= 0.6 is 0 Å². The van der Waals surface area contributed by atoms with Gasteiger partial charge in [-0.3, -0.25) is 10.9 Å². The highest BCUT2D eigenvalue weighted by Crippen LogP contribution is 2.14. The van der Waals surface area contributed by atoms with Crippen molar-refractivity contribution in [1.29, 1.82) is 0 Å². The molecule has 0 aliphatic carbocycles. The fourth-order valence-electron chi connectivity index (χ4n) is 1.48. The van der Waals surface area contributed by atoms with Crippen molar-refractivity contribution in [2.75, 3.05) is 12.5 Å². The highest BCUT2D eigenvalue weighted by molar-refractivity contribution is 5.82. The molecule has 19 heavy (non-hydrogen) atoms. The lowest BCUT2D eigenvalue weighted by Crippen LogP contribution is -2.35. The molecule has 4 N–H and O–H groups in total. The highest BCUT2D eigenvalue weighted by Gasteiger charge is 1.95.